The number of hydrogen-bond acceptors (Lipinski definition) is 5. The van der Waals surface area contributed by atoms with E-state index in [9.17, 15) is 10.1 Å². The number of nitrogens with zero attached hydrogens (tertiary/aromatic N) is 2. The van der Waals surface area contributed by atoms with Gasteiger partial charge in [-0.1, -0.05) is 12.1 Å². The van der Waals surface area contributed by atoms with Crippen LogP contribution in [0.15, 0.2) is 36.5 Å². The summed E-state index contributed by atoms with van der Waals surface area (Å²) in [6, 6.07) is 7.83. The highest BCUT2D eigenvalue weighted by molar-refractivity contribution is 5.49. The van der Waals surface area contributed by atoms with Crippen LogP contribution in [0.3, 0.4) is 0 Å². The van der Waals surface area contributed by atoms with Crippen molar-refractivity contribution in [2.45, 2.75) is 6.92 Å². The second-order valence-corrected chi connectivity index (χ2v) is 3.72. The van der Waals surface area contributed by atoms with E-state index >= 15 is 0 Å². The van der Waals surface area contributed by atoms with Crippen molar-refractivity contribution < 1.29 is 9.66 Å². The lowest BCUT2D eigenvalue weighted by Gasteiger charge is -2.07. The van der Waals surface area contributed by atoms with Crippen molar-refractivity contribution in [1.82, 2.24) is 4.98 Å². The van der Waals surface area contributed by atoms with Crippen molar-refractivity contribution in [3.63, 3.8) is 0 Å². The number of nitro groups is 1. The number of aryl methyl sites for hydroxylation is 1. The summed E-state index contributed by atoms with van der Waals surface area (Å²) in [5, 5.41) is 10.8. The van der Waals surface area contributed by atoms with E-state index in [4.69, 9.17) is 10.5 Å². The maximum atomic E-state index is 10.8. The highest BCUT2D eigenvalue weighted by Crippen LogP contribution is 2.31. The van der Waals surface area contributed by atoms with Gasteiger partial charge in [0.1, 0.15) is 0 Å². The maximum absolute atomic E-state index is 10.8. The number of ether oxygens (including phenoxy) is 1. The van der Waals surface area contributed by atoms with Gasteiger partial charge in [-0.15, -0.1) is 0 Å². The van der Waals surface area contributed by atoms with Gasteiger partial charge in [0.25, 0.3) is 0 Å². The number of aromatic nitrogens is 1. The maximum Gasteiger partial charge on any atom is 0.311 e. The molecular weight excluding hydrogens is 234 g/mol. The van der Waals surface area contributed by atoms with E-state index in [1.807, 2.05) is 0 Å². The van der Waals surface area contributed by atoms with Crippen LogP contribution in [-0.2, 0) is 0 Å². The molecule has 0 unspecified atom stereocenters. The van der Waals surface area contributed by atoms with Crippen LogP contribution in [-0.4, -0.2) is 9.91 Å². The van der Waals surface area contributed by atoms with Crippen molar-refractivity contribution in [2.75, 3.05) is 5.73 Å². The molecule has 6 nitrogen and oxygen atoms in total. The molecule has 2 rings (SSSR count). The number of rotatable bonds is 3. The number of hydrogen-bond donors (Lipinski definition) is 1. The van der Waals surface area contributed by atoms with Crippen molar-refractivity contribution >= 4 is 11.4 Å². The minimum Gasteiger partial charge on any atom is -0.432 e. The molecule has 0 atom stereocenters. The molecule has 18 heavy (non-hydrogen) atoms. The zero-order valence-electron chi connectivity index (χ0n) is 9.66. The fraction of sp³-hybridized carbons (Fsp3) is 0.0833. The monoisotopic (exact) mass is 245 g/mol. The predicted molar refractivity (Wildman–Crippen MR) is 66.6 cm³/mol. The molecule has 6 heteroatoms. The van der Waals surface area contributed by atoms with Gasteiger partial charge in [0.05, 0.1) is 16.8 Å². The Morgan fingerprint density at radius 3 is 2.78 bits per heavy atom. The minimum absolute atomic E-state index is 0.101. The molecule has 0 amide bonds. The Morgan fingerprint density at radius 1 is 1.39 bits per heavy atom. The van der Waals surface area contributed by atoms with Crippen LogP contribution in [0.4, 0.5) is 11.4 Å². The zero-order valence-corrected chi connectivity index (χ0v) is 9.66. The second kappa shape index (κ2) is 4.70. The van der Waals surface area contributed by atoms with Crippen LogP contribution in [0.1, 0.15) is 5.56 Å². The third-order valence-corrected chi connectivity index (χ3v) is 2.32. The van der Waals surface area contributed by atoms with Crippen LogP contribution in [0.5, 0.6) is 11.6 Å². The van der Waals surface area contributed by atoms with Gasteiger partial charge in [-0.25, -0.2) is 4.98 Å². The number of para-hydroxylation sites is 2. The third-order valence-electron chi connectivity index (χ3n) is 2.32. The molecule has 1 aromatic carbocycles. The van der Waals surface area contributed by atoms with Gasteiger partial charge >= 0.3 is 5.69 Å². The number of anilines is 1. The lowest BCUT2D eigenvalue weighted by Crippen LogP contribution is -1.97. The van der Waals surface area contributed by atoms with Gasteiger partial charge in [-0.3, -0.25) is 10.1 Å². The third kappa shape index (κ3) is 2.37. The van der Waals surface area contributed by atoms with E-state index in [0.29, 0.717) is 17.1 Å². The van der Waals surface area contributed by atoms with Crippen molar-refractivity contribution in [1.29, 1.82) is 0 Å². The fourth-order valence-corrected chi connectivity index (χ4v) is 1.49. The molecule has 2 aromatic rings. The van der Waals surface area contributed by atoms with E-state index in [1.165, 1.54) is 18.3 Å². The summed E-state index contributed by atoms with van der Waals surface area (Å²) in [4.78, 5) is 14.3. The molecule has 0 bridgehead atoms. The SMILES string of the molecule is Cc1cc(N)cnc1Oc1ccccc1[N+](=O)[O-]. The minimum atomic E-state index is -0.498. The van der Waals surface area contributed by atoms with Crippen LogP contribution in [0.25, 0.3) is 0 Å². The van der Waals surface area contributed by atoms with Crippen LogP contribution in [0, 0.1) is 17.0 Å². The van der Waals surface area contributed by atoms with E-state index in [0.717, 1.165) is 0 Å². The van der Waals surface area contributed by atoms with Crippen LogP contribution < -0.4 is 10.5 Å². The molecule has 92 valence electrons. The summed E-state index contributed by atoms with van der Waals surface area (Å²) < 4.78 is 5.45. The summed E-state index contributed by atoms with van der Waals surface area (Å²) >= 11 is 0. The van der Waals surface area contributed by atoms with Gasteiger partial charge in [0, 0.05) is 11.6 Å². The number of nitrogen functional groups attached to an aromatic ring is 1. The van der Waals surface area contributed by atoms with E-state index in [1.54, 1.807) is 25.1 Å². The molecule has 1 heterocycles. The average Bonchev–Trinajstić information content (AvgIpc) is 2.33. The Labute approximate surface area is 103 Å². The first-order chi connectivity index (χ1) is 8.58. The van der Waals surface area contributed by atoms with Gasteiger partial charge in [-0.2, -0.15) is 0 Å². The van der Waals surface area contributed by atoms with Crippen molar-refractivity contribution in [3.05, 3.63) is 52.2 Å². The van der Waals surface area contributed by atoms with Crippen molar-refractivity contribution in [2.24, 2.45) is 0 Å². The fourth-order valence-electron chi connectivity index (χ4n) is 1.49. The van der Waals surface area contributed by atoms with Gasteiger partial charge < -0.3 is 10.5 Å². The molecule has 0 radical (unpaired) electrons. The van der Waals surface area contributed by atoms with E-state index in [-0.39, 0.29) is 11.4 Å². The summed E-state index contributed by atoms with van der Waals surface area (Å²) in [7, 11) is 0. The van der Waals surface area contributed by atoms with E-state index in [2.05, 4.69) is 4.98 Å². The first-order valence-electron chi connectivity index (χ1n) is 5.21. The van der Waals surface area contributed by atoms with Crippen molar-refractivity contribution in [3.8, 4) is 11.6 Å². The smallest absolute Gasteiger partial charge is 0.311 e. The van der Waals surface area contributed by atoms with Gasteiger partial charge in [0.2, 0.25) is 11.6 Å². The Morgan fingerprint density at radius 2 is 2.11 bits per heavy atom. The van der Waals surface area contributed by atoms with E-state index < -0.39 is 4.92 Å². The normalized spacial score (nSPS) is 10.1. The van der Waals surface area contributed by atoms with Gasteiger partial charge in [-0.05, 0) is 19.1 Å². The van der Waals surface area contributed by atoms with Crippen LogP contribution in [0.2, 0.25) is 0 Å². The summed E-state index contributed by atoms with van der Waals surface area (Å²) in [5.74, 6) is 0.460. The Bertz CT molecular complexity index is 599. The summed E-state index contributed by atoms with van der Waals surface area (Å²) in [5.41, 5.74) is 6.70. The molecule has 0 saturated carbocycles. The number of nitrogens with two attached hydrogens (primary N) is 1. The topological polar surface area (TPSA) is 91.3 Å². The second-order valence-electron chi connectivity index (χ2n) is 3.72. The lowest BCUT2D eigenvalue weighted by atomic mass is 10.2. The lowest BCUT2D eigenvalue weighted by molar-refractivity contribution is -0.385. The molecule has 0 aliphatic rings. The highest BCUT2D eigenvalue weighted by Gasteiger charge is 2.15. The Kier molecular flexibility index (Phi) is 3.09. The standard InChI is InChI=1S/C12H11N3O3/c1-8-6-9(13)7-14-12(8)18-11-5-3-2-4-10(11)15(16)17/h2-7H,13H2,1H3. The summed E-state index contributed by atoms with van der Waals surface area (Å²) in [6.45, 7) is 1.77. The van der Waals surface area contributed by atoms with Crippen LogP contribution >= 0.6 is 0 Å². The van der Waals surface area contributed by atoms with Gasteiger partial charge in [0.15, 0.2) is 0 Å². The number of benzene rings is 1. The molecule has 2 N–H and O–H groups in total. The number of pyridine rings is 1. The first kappa shape index (κ1) is 11.8. The zero-order chi connectivity index (χ0) is 13.1. The predicted octanol–water partition coefficient (Wildman–Crippen LogP) is 2.67. The first-order valence-corrected chi connectivity index (χ1v) is 5.21. The average molecular weight is 245 g/mol. The molecular formula is C12H11N3O3. The Hall–Kier alpha value is -2.63. The number of nitro benzene ring substituents is 1. The molecule has 0 aliphatic carbocycles. The molecule has 0 saturated heterocycles. The molecule has 0 spiro atoms. The summed E-state index contributed by atoms with van der Waals surface area (Å²) in [6.07, 6.45) is 1.44. The highest BCUT2D eigenvalue weighted by atomic mass is 16.6. The molecule has 0 aliphatic heterocycles. The Balaban J connectivity index is 2.37. The molecule has 1 aromatic heterocycles. The molecule has 0 fully saturated rings. The largest absolute Gasteiger partial charge is 0.432 e. The quantitative estimate of drug-likeness (QED) is 0.663.